The minimum absolute atomic E-state index is 0.0196. The molecule has 2 aromatic carbocycles. The summed E-state index contributed by atoms with van der Waals surface area (Å²) in [4.78, 5) is 24.0. The normalized spacial score (nSPS) is 10.6. The van der Waals surface area contributed by atoms with Gasteiger partial charge in [-0.3, -0.25) is 0 Å². The minimum atomic E-state index is -1.58. The van der Waals surface area contributed by atoms with Crippen molar-refractivity contribution in [2.45, 2.75) is 45.6 Å². The van der Waals surface area contributed by atoms with Crippen LogP contribution in [0.1, 0.15) is 65.3 Å². The molecule has 0 amide bonds. The number of unbranched alkanes of at least 4 members (excludes halogenated alkanes) is 4. The van der Waals surface area contributed by atoms with Gasteiger partial charge in [-0.1, -0.05) is 32.6 Å². The second-order valence-electron chi connectivity index (χ2n) is 6.58. The average Bonchev–Trinajstić information content (AvgIpc) is 2.72. The van der Waals surface area contributed by atoms with Gasteiger partial charge in [0.15, 0.2) is 17.5 Å². The SMILES string of the molecule is CCCCCCCOC(=O)c1ccc(C(=O)OCc2cc(F)c(F)c(F)c2)cc1. The van der Waals surface area contributed by atoms with Crippen molar-refractivity contribution in [1.82, 2.24) is 0 Å². The van der Waals surface area contributed by atoms with Crippen LogP contribution in [-0.4, -0.2) is 18.5 Å². The number of carbonyl (C=O) groups excluding carboxylic acids is 2. The first kappa shape index (κ1) is 22.5. The molecule has 0 radical (unpaired) electrons. The zero-order valence-corrected chi connectivity index (χ0v) is 16.2. The number of rotatable bonds is 10. The maximum absolute atomic E-state index is 13.2. The third-order valence-corrected chi connectivity index (χ3v) is 4.25. The van der Waals surface area contributed by atoms with Crippen LogP contribution in [0.15, 0.2) is 36.4 Å². The van der Waals surface area contributed by atoms with Gasteiger partial charge in [-0.15, -0.1) is 0 Å². The molecule has 156 valence electrons. The fraction of sp³-hybridized carbons (Fsp3) is 0.364. The Hall–Kier alpha value is -2.83. The van der Waals surface area contributed by atoms with Crippen LogP contribution in [0.3, 0.4) is 0 Å². The zero-order chi connectivity index (χ0) is 21.2. The molecule has 0 atom stereocenters. The molecule has 0 fully saturated rings. The van der Waals surface area contributed by atoms with Crippen molar-refractivity contribution in [3.63, 3.8) is 0 Å². The van der Waals surface area contributed by atoms with Crippen molar-refractivity contribution in [1.29, 1.82) is 0 Å². The van der Waals surface area contributed by atoms with Crippen molar-refractivity contribution in [2.75, 3.05) is 6.61 Å². The molecule has 0 unspecified atom stereocenters. The molecule has 4 nitrogen and oxygen atoms in total. The van der Waals surface area contributed by atoms with Gasteiger partial charge in [-0.05, 0) is 48.4 Å². The smallest absolute Gasteiger partial charge is 0.338 e. The van der Waals surface area contributed by atoms with E-state index in [0.29, 0.717) is 12.2 Å². The van der Waals surface area contributed by atoms with Crippen LogP contribution in [0.5, 0.6) is 0 Å². The quantitative estimate of drug-likeness (QED) is 0.292. The van der Waals surface area contributed by atoms with Crippen LogP contribution in [0, 0.1) is 17.5 Å². The molecule has 0 saturated heterocycles. The van der Waals surface area contributed by atoms with Gasteiger partial charge in [0, 0.05) is 0 Å². The zero-order valence-electron chi connectivity index (χ0n) is 16.2. The van der Waals surface area contributed by atoms with E-state index >= 15 is 0 Å². The molecular formula is C22H23F3O4. The Balaban J connectivity index is 1.83. The summed E-state index contributed by atoms with van der Waals surface area (Å²) >= 11 is 0. The Morgan fingerprint density at radius 3 is 1.86 bits per heavy atom. The van der Waals surface area contributed by atoms with Crippen molar-refractivity contribution in [3.8, 4) is 0 Å². The maximum atomic E-state index is 13.2. The van der Waals surface area contributed by atoms with Gasteiger partial charge in [-0.2, -0.15) is 0 Å². The van der Waals surface area contributed by atoms with Gasteiger partial charge in [0.25, 0.3) is 0 Å². The highest BCUT2D eigenvalue weighted by Crippen LogP contribution is 2.15. The molecule has 0 aliphatic heterocycles. The first-order chi connectivity index (χ1) is 13.9. The summed E-state index contributed by atoms with van der Waals surface area (Å²) in [5, 5.41) is 0. The summed E-state index contributed by atoms with van der Waals surface area (Å²) < 4.78 is 49.4. The highest BCUT2D eigenvalue weighted by molar-refractivity contribution is 5.93. The molecule has 0 bridgehead atoms. The van der Waals surface area contributed by atoms with Crippen LogP contribution >= 0.6 is 0 Å². The van der Waals surface area contributed by atoms with Crippen molar-refractivity contribution in [3.05, 3.63) is 70.5 Å². The van der Waals surface area contributed by atoms with E-state index in [4.69, 9.17) is 9.47 Å². The Labute approximate surface area is 167 Å². The number of carbonyl (C=O) groups is 2. The summed E-state index contributed by atoms with van der Waals surface area (Å²) in [6.07, 6.45) is 5.24. The summed E-state index contributed by atoms with van der Waals surface area (Å²) in [5.41, 5.74) is 0.441. The molecule has 29 heavy (non-hydrogen) atoms. The fourth-order valence-corrected chi connectivity index (χ4v) is 2.62. The van der Waals surface area contributed by atoms with E-state index in [1.807, 2.05) is 0 Å². The lowest BCUT2D eigenvalue weighted by Crippen LogP contribution is -2.09. The summed E-state index contributed by atoms with van der Waals surface area (Å²) in [7, 11) is 0. The standard InChI is InChI=1S/C22H23F3O4/c1-2-3-4-5-6-11-28-21(26)16-7-9-17(10-8-16)22(27)29-14-15-12-18(23)20(25)19(24)13-15/h7-10,12-13H,2-6,11,14H2,1H3. The molecule has 0 heterocycles. The number of ether oxygens (including phenoxy) is 2. The number of hydrogen-bond acceptors (Lipinski definition) is 4. The Morgan fingerprint density at radius 1 is 0.793 bits per heavy atom. The van der Waals surface area contributed by atoms with Crippen LogP contribution in [0.2, 0.25) is 0 Å². The van der Waals surface area contributed by atoms with E-state index in [9.17, 15) is 22.8 Å². The monoisotopic (exact) mass is 408 g/mol. The van der Waals surface area contributed by atoms with Crippen LogP contribution < -0.4 is 0 Å². The summed E-state index contributed by atoms with van der Waals surface area (Å²) in [5.74, 6) is -5.51. The molecule has 0 saturated carbocycles. The van der Waals surface area contributed by atoms with Gasteiger partial charge in [0.05, 0.1) is 17.7 Å². The number of benzene rings is 2. The molecule has 0 N–H and O–H groups in total. The Bertz CT molecular complexity index is 811. The van der Waals surface area contributed by atoms with E-state index in [0.717, 1.165) is 44.2 Å². The van der Waals surface area contributed by atoms with Gasteiger partial charge < -0.3 is 9.47 Å². The van der Waals surface area contributed by atoms with Crippen LogP contribution in [0.25, 0.3) is 0 Å². The lowest BCUT2D eigenvalue weighted by molar-refractivity contribution is 0.0465. The highest BCUT2D eigenvalue weighted by atomic mass is 19.2. The molecule has 0 aliphatic carbocycles. The summed E-state index contributed by atoms with van der Waals surface area (Å²) in [6, 6.07) is 7.18. The van der Waals surface area contributed by atoms with Crippen molar-refractivity contribution in [2.24, 2.45) is 0 Å². The van der Waals surface area contributed by atoms with Gasteiger partial charge in [0.2, 0.25) is 0 Å². The van der Waals surface area contributed by atoms with Crippen LogP contribution in [0.4, 0.5) is 13.2 Å². The number of esters is 2. The van der Waals surface area contributed by atoms with Gasteiger partial charge in [0.1, 0.15) is 6.61 Å². The lowest BCUT2D eigenvalue weighted by atomic mass is 10.1. The van der Waals surface area contributed by atoms with Crippen LogP contribution in [-0.2, 0) is 16.1 Å². The number of hydrogen-bond donors (Lipinski definition) is 0. The molecule has 0 aromatic heterocycles. The predicted molar refractivity (Wildman–Crippen MR) is 101 cm³/mol. The number of halogens is 3. The lowest BCUT2D eigenvalue weighted by Gasteiger charge is -2.07. The minimum Gasteiger partial charge on any atom is -0.462 e. The first-order valence-corrected chi connectivity index (χ1v) is 9.50. The van der Waals surface area contributed by atoms with E-state index in [1.54, 1.807) is 0 Å². The van der Waals surface area contributed by atoms with E-state index < -0.39 is 36.0 Å². The van der Waals surface area contributed by atoms with Gasteiger partial charge in [-0.25, -0.2) is 22.8 Å². The molecular weight excluding hydrogens is 385 g/mol. The summed E-state index contributed by atoms with van der Waals surface area (Å²) in [6.45, 7) is 2.05. The van der Waals surface area contributed by atoms with Gasteiger partial charge >= 0.3 is 11.9 Å². The highest BCUT2D eigenvalue weighted by Gasteiger charge is 2.14. The predicted octanol–water partition coefficient (Wildman–Crippen LogP) is 5.59. The van der Waals surface area contributed by atoms with Crippen molar-refractivity contribution >= 4 is 11.9 Å². The van der Waals surface area contributed by atoms with Crippen molar-refractivity contribution < 1.29 is 32.2 Å². The second-order valence-corrected chi connectivity index (χ2v) is 6.58. The second kappa shape index (κ2) is 11.2. The fourth-order valence-electron chi connectivity index (χ4n) is 2.62. The largest absolute Gasteiger partial charge is 0.462 e. The first-order valence-electron chi connectivity index (χ1n) is 9.50. The third kappa shape index (κ3) is 6.93. The maximum Gasteiger partial charge on any atom is 0.338 e. The molecule has 2 aromatic rings. The Kier molecular flexibility index (Phi) is 8.70. The van der Waals surface area contributed by atoms with E-state index in [-0.39, 0.29) is 11.1 Å². The van der Waals surface area contributed by atoms with E-state index in [2.05, 4.69) is 6.92 Å². The third-order valence-electron chi connectivity index (χ3n) is 4.25. The van der Waals surface area contributed by atoms with E-state index in [1.165, 1.54) is 24.3 Å². The molecule has 2 rings (SSSR count). The molecule has 0 spiro atoms. The topological polar surface area (TPSA) is 52.6 Å². The molecule has 7 heteroatoms. The average molecular weight is 408 g/mol. The Morgan fingerprint density at radius 2 is 1.31 bits per heavy atom. The molecule has 0 aliphatic rings.